The minimum atomic E-state index is -0.253. The summed E-state index contributed by atoms with van der Waals surface area (Å²) in [5.41, 5.74) is 4.59. The molecule has 5 heteroatoms. The van der Waals surface area contributed by atoms with Crippen LogP contribution in [0.15, 0.2) is 18.2 Å². The normalized spacial score (nSPS) is 29.4. The smallest absolute Gasteiger partial charge is 0.103 e. The lowest BCUT2D eigenvalue weighted by Gasteiger charge is -2.42. The highest BCUT2D eigenvalue weighted by Gasteiger charge is 2.35. The topological polar surface area (TPSA) is 37.0 Å². The fraction of sp³-hybridized carbons (Fsp3) is 0.786. The molecule has 186 valence electrons. The lowest BCUT2D eigenvalue weighted by atomic mass is 9.70. The molecule has 1 aromatic rings. The number of nitrogens with one attached hydrogen (secondary N) is 1. The van der Waals surface area contributed by atoms with Gasteiger partial charge in [0, 0.05) is 58.1 Å². The maximum absolute atomic E-state index is 6.49. The van der Waals surface area contributed by atoms with E-state index in [1.807, 2.05) is 0 Å². The minimum Gasteiger partial charge on any atom is -0.380 e. The van der Waals surface area contributed by atoms with Gasteiger partial charge >= 0.3 is 0 Å². The van der Waals surface area contributed by atoms with Crippen molar-refractivity contribution >= 4 is 5.69 Å². The van der Waals surface area contributed by atoms with Crippen molar-refractivity contribution in [3.8, 4) is 0 Å². The molecule has 4 rings (SSSR count). The molecule has 0 bridgehead atoms. The monoisotopic (exact) mass is 457 g/mol. The van der Waals surface area contributed by atoms with E-state index in [-0.39, 0.29) is 11.7 Å². The number of hydrogen-bond acceptors (Lipinski definition) is 5. The van der Waals surface area contributed by atoms with Crippen molar-refractivity contribution in [2.45, 2.75) is 77.9 Å². The van der Waals surface area contributed by atoms with Crippen LogP contribution in [0.5, 0.6) is 0 Å². The van der Waals surface area contributed by atoms with Crippen molar-refractivity contribution in [3.63, 3.8) is 0 Å². The van der Waals surface area contributed by atoms with E-state index < -0.39 is 0 Å². The van der Waals surface area contributed by atoms with Crippen LogP contribution >= 0.6 is 0 Å². The number of nitrogens with zero attached hydrogens (tertiary/aromatic N) is 2. The van der Waals surface area contributed by atoms with Gasteiger partial charge in [0.25, 0.3) is 0 Å². The second-order valence-electron chi connectivity index (χ2n) is 11.5. The van der Waals surface area contributed by atoms with Crippen LogP contribution < -0.4 is 10.2 Å². The van der Waals surface area contributed by atoms with Crippen LogP contribution in [0.3, 0.4) is 0 Å². The molecule has 0 aromatic heterocycles. The van der Waals surface area contributed by atoms with E-state index in [9.17, 15) is 0 Å². The van der Waals surface area contributed by atoms with Crippen molar-refractivity contribution in [1.82, 2.24) is 10.2 Å². The number of hydrogen-bond donors (Lipinski definition) is 1. The summed E-state index contributed by atoms with van der Waals surface area (Å²) >= 11 is 0. The molecule has 1 aliphatic carbocycles. The highest BCUT2D eigenvalue weighted by Crippen LogP contribution is 2.46. The molecule has 33 heavy (non-hydrogen) atoms. The zero-order chi connectivity index (χ0) is 23.5. The van der Waals surface area contributed by atoms with Crippen molar-refractivity contribution < 1.29 is 9.47 Å². The van der Waals surface area contributed by atoms with Crippen LogP contribution in [0.4, 0.5) is 5.69 Å². The van der Waals surface area contributed by atoms with Crippen LogP contribution in [-0.2, 0) is 15.1 Å². The molecule has 2 aliphatic heterocycles. The Kier molecular flexibility index (Phi) is 8.05. The molecule has 2 unspecified atom stereocenters. The molecule has 0 spiro atoms. The third-order valence-electron chi connectivity index (χ3n) is 8.24. The van der Waals surface area contributed by atoms with Crippen molar-refractivity contribution in [2.75, 3.05) is 63.9 Å². The summed E-state index contributed by atoms with van der Waals surface area (Å²) in [5, 5.41) is 3.59. The van der Waals surface area contributed by atoms with Crippen molar-refractivity contribution in [3.05, 3.63) is 29.3 Å². The third-order valence-corrected chi connectivity index (χ3v) is 8.24. The van der Waals surface area contributed by atoms with Crippen LogP contribution in [0.1, 0.15) is 77.3 Å². The summed E-state index contributed by atoms with van der Waals surface area (Å²) in [5.74, 6) is 0.654. The Balaban J connectivity index is 1.55. The molecule has 0 radical (unpaired) electrons. The van der Waals surface area contributed by atoms with Gasteiger partial charge in [-0.1, -0.05) is 26.0 Å². The Hall–Kier alpha value is -1.14. The summed E-state index contributed by atoms with van der Waals surface area (Å²) < 4.78 is 12.1. The standard InChI is InChI=1S/C28H47N3O2/c1-6-32-18-17-30-13-15-31(16-14-30)26-8-7-24(28(5)21-29-20-22(2)33-28)19-25(26)23-9-11-27(3,4)12-10-23/h7-8,19,22-23,29H,6,9-18,20-21H2,1-5H3. The highest BCUT2D eigenvalue weighted by atomic mass is 16.5. The summed E-state index contributed by atoms with van der Waals surface area (Å²) in [6.07, 6.45) is 5.47. The molecule has 5 nitrogen and oxygen atoms in total. The van der Waals surface area contributed by atoms with Gasteiger partial charge in [0.15, 0.2) is 0 Å². The van der Waals surface area contributed by atoms with Gasteiger partial charge in [-0.15, -0.1) is 0 Å². The molecular weight excluding hydrogens is 410 g/mol. The zero-order valence-electron chi connectivity index (χ0n) is 21.8. The van der Waals surface area contributed by atoms with E-state index in [0.29, 0.717) is 11.3 Å². The van der Waals surface area contributed by atoms with E-state index >= 15 is 0 Å². The SMILES string of the molecule is CCOCCN1CCN(c2ccc(C3(C)CNCC(C)O3)cc2C2CCC(C)(C)CC2)CC1. The van der Waals surface area contributed by atoms with Crippen molar-refractivity contribution in [2.24, 2.45) is 5.41 Å². The maximum Gasteiger partial charge on any atom is 0.103 e. The van der Waals surface area contributed by atoms with Gasteiger partial charge in [-0.3, -0.25) is 4.90 Å². The largest absolute Gasteiger partial charge is 0.380 e. The van der Waals surface area contributed by atoms with Gasteiger partial charge in [0.2, 0.25) is 0 Å². The van der Waals surface area contributed by atoms with Gasteiger partial charge in [-0.25, -0.2) is 0 Å². The maximum atomic E-state index is 6.49. The molecule has 2 heterocycles. The Morgan fingerprint density at radius 2 is 1.82 bits per heavy atom. The Morgan fingerprint density at radius 1 is 1.09 bits per heavy atom. The molecule has 3 fully saturated rings. The molecule has 1 N–H and O–H groups in total. The fourth-order valence-electron chi connectivity index (χ4n) is 5.97. The molecule has 2 atom stereocenters. The van der Waals surface area contributed by atoms with Crippen LogP contribution in [0, 0.1) is 5.41 Å². The van der Waals surface area contributed by atoms with Gasteiger partial charge < -0.3 is 19.7 Å². The Bertz CT molecular complexity index is 764. The second-order valence-corrected chi connectivity index (χ2v) is 11.5. The van der Waals surface area contributed by atoms with Crippen molar-refractivity contribution in [1.29, 1.82) is 0 Å². The molecule has 2 saturated heterocycles. The fourth-order valence-corrected chi connectivity index (χ4v) is 5.97. The van der Waals surface area contributed by atoms with Crippen LogP contribution in [0.2, 0.25) is 0 Å². The van der Waals surface area contributed by atoms with E-state index in [1.165, 1.54) is 36.9 Å². The first-order chi connectivity index (χ1) is 15.8. The zero-order valence-corrected chi connectivity index (χ0v) is 21.8. The number of benzene rings is 1. The number of ether oxygens (including phenoxy) is 2. The van der Waals surface area contributed by atoms with Gasteiger partial charge in [-0.05, 0) is 75.0 Å². The van der Waals surface area contributed by atoms with Gasteiger partial charge in [0.1, 0.15) is 5.60 Å². The first kappa shape index (κ1) is 25.0. The summed E-state index contributed by atoms with van der Waals surface area (Å²) in [6, 6.07) is 7.26. The predicted octanol–water partition coefficient (Wildman–Crippen LogP) is 4.75. The Labute approximate surface area is 202 Å². The minimum absolute atomic E-state index is 0.243. The summed E-state index contributed by atoms with van der Waals surface area (Å²) in [6.45, 7) is 20.3. The predicted molar refractivity (Wildman–Crippen MR) is 137 cm³/mol. The van der Waals surface area contributed by atoms with Crippen LogP contribution in [-0.4, -0.2) is 70.0 Å². The number of rotatable bonds is 7. The first-order valence-electron chi connectivity index (χ1n) is 13.4. The first-order valence-corrected chi connectivity index (χ1v) is 13.4. The Morgan fingerprint density at radius 3 is 2.48 bits per heavy atom. The average molecular weight is 458 g/mol. The average Bonchev–Trinajstić information content (AvgIpc) is 2.79. The van der Waals surface area contributed by atoms with E-state index in [4.69, 9.17) is 9.47 Å². The van der Waals surface area contributed by atoms with Gasteiger partial charge in [-0.2, -0.15) is 0 Å². The van der Waals surface area contributed by atoms with Crippen LogP contribution in [0.25, 0.3) is 0 Å². The third kappa shape index (κ3) is 6.11. The lowest BCUT2D eigenvalue weighted by Crippen LogP contribution is -2.49. The number of piperazine rings is 1. The second kappa shape index (κ2) is 10.6. The molecule has 3 aliphatic rings. The van der Waals surface area contributed by atoms with E-state index in [0.717, 1.165) is 59.0 Å². The number of anilines is 1. The lowest BCUT2D eigenvalue weighted by molar-refractivity contribution is -0.102. The molecule has 1 saturated carbocycles. The van der Waals surface area contributed by atoms with Gasteiger partial charge in [0.05, 0.1) is 12.7 Å². The quantitative estimate of drug-likeness (QED) is 0.598. The molecule has 1 aromatic carbocycles. The highest BCUT2D eigenvalue weighted by molar-refractivity contribution is 5.58. The van der Waals surface area contributed by atoms with E-state index in [2.05, 4.69) is 67.9 Å². The summed E-state index contributed by atoms with van der Waals surface area (Å²) in [4.78, 5) is 5.19. The molecular formula is C28H47N3O2. The number of morpholine rings is 1. The summed E-state index contributed by atoms with van der Waals surface area (Å²) in [7, 11) is 0. The van der Waals surface area contributed by atoms with E-state index in [1.54, 1.807) is 5.56 Å². The molecule has 0 amide bonds.